The zero-order valence-electron chi connectivity index (χ0n) is 11.4. The van der Waals surface area contributed by atoms with E-state index >= 15 is 0 Å². The molecule has 0 saturated heterocycles. The van der Waals surface area contributed by atoms with Crippen LogP contribution in [-0.4, -0.2) is 20.4 Å². The van der Waals surface area contributed by atoms with Gasteiger partial charge in [-0.25, -0.2) is 8.42 Å². The van der Waals surface area contributed by atoms with E-state index in [2.05, 4.69) is 5.32 Å². The highest BCUT2D eigenvalue weighted by Crippen LogP contribution is 2.26. The molecule has 0 radical (unpaired) electrons. The first-order valence-corrected chi connectivity index (χ1v) is 9.62. The third-order valence-electron chi connectivity index (χ3n) is 3.65. The Hall–Kier alpha value is -0.780. The topological polar surface area (TPSA) is 63.2 Å². The summed E-state index contributed by atoms with van der Waals surface area (Å²) in [6, 6.07) is 4.24. The van der Waals surface area contributed by atoms with Gasteiger partial charge in [-0.2, -0.15) is 0 Å². The minimum absolute atomic E-state index is 0.0102. The Labute approximate surface area is 134 Å². The molecular weight excluding hydrogens is 333 g/mol. The van der Waals surface area contributed by atoms with E-state index in [9.17, 15) is 13.2 Å². The van der Waals surface area contributed by atoms with Crippen molar-refractivity contribution in [3.63, 3.8) is 0 Å². The predicted octanol–water partition coefficient (Wildman–Crippen LogP) is 3.72. The van der Waals surface area contributed by atoms with Crippen molar-refractivity contribution in [2.75, 3.05) is 0 Å². The Morgan fingerprint density at radius 1 is 1.14 bits per heavy atom. The maximum absolute atomic E-state index is 12.2. The van der Waals surface area contributed by atoms with Crippen LogP contribution in [0.2, 0.25) is 5.02 Å². The monoisotopic (exact) mass is 349 g/mol. The van der Waals surface area contributed by atoms with Crippen molar-refractivity contribution in [1.82, 2.24) is 5.32 Å². The second-order valence-corrected chi connectivity index (χ2v) is 8.19. The van der Waals surface area contributed by atoms with Crippen molar-refractivity contribution >= 4 is 37.2 Å². The fourth-order valence-electron chi connectivity index (χ4n) is 2.52. The molecule has 1 aliphatic rings. The lowest BCUT2D eigenvalue weighted by atomic mass is 10.1. The normalized spacial score (nSPS) is 17.2. The fraction of sp³-hybridized carbons (Fsp3) is 0.500. The number of carbonyl (C=O) groups is 1. The van der Waals surface area contributed by atoms with E-state index in [1.165, 1.54) is 31.0 Å². The molecule has 1 amide bonds. The molecule has 2 rings (SSSR count). The molecule has 0 aromatic heterocycles. The van der Waals surface area contributed by atoms with E-state index in [0.717, 1.165) is 25.7 Å². The maximum atomic E-state index is 12.2. The summed E-state index contributed by atoms with van der Waals surface area (Å²) in [7, 11) is 1.34. The molecule has 21 heavy (non-hydrogen) atoms. The van der Waals surface area contributed by atoms with Crippen LogP contribution in [0.4, 0.5) is 0 Å². The summed E-state index contributed by atoms with van der Waals surface area (Å²) >= 11 is 5.80. The van der Waals surface area contributed by atoms with Crippen LogP contribution in [-0.2, 0) is 9.05 Å². The fourth-order valence-corrected chi connectivity index (χ4v) is 4.02. The van der Waals surface area contributed by atoms with Gasteiger partial charge in [-0.3, -0.25) is 4.79 Å². The maximum Gasteiger partial charge on any atom is 0.262 e. The van der Waals surface area contributed by atoms with E-state index in [-0.39, 0.29) is 27.4 Å². The van der Waals surface area contributed by atoms with E-state index in [4.69, 9.17) is 22.3 Å². The zero-order valence-corrected chi connectivity index (χ0v) is 13.8. The largest absolute Gasteiger partial charge is 0.349 e. The summed E-state index contributed by atoms with van der Waals surface area (Å²) in [5, 5.41) is 2.96. The number of amides is 1. The lowest BCUT2D eigenvalue weighted by molar-refractivity contribution is 0.0933. The van der Waals surface area contributed by atoms with Crippen molar-refractivity contribution in [1.29, 1.82) is 0 Å². The average Bonchev–Trinajstić information content (AvgIpc) is 2.66. The van der Waals surface area contributed by atoms with E-state index in [1.807, 2.05) is 0 Å². The summed E-state index contributed by atoms with van der Waals surface area (Å²) in [4.78, 5) is 12.0. The third kappa shape index (κ3) is 4.59. The van der Waals surface area contributed by atoms with Gasteiger partial charge in [0.15, 0.2) is 0 Å². The standard InChI is InChI=1S/C14H17Cl2NO3S/c15-12-8-7-10(9-13(12)21(16,19)20)14(18)17-11-5-3-1-2-4-6-11/h7-9,11H,1-6H2,(H,17,18). The number of hydrogen-bond acceptors (Lipinski definition) is 3. The van der Waals surface area contributed by atoms with Gasteiger partial charge in [0.1, 0.15) is 4.90 Å². The summed E-state index contributed by atoms with van der Waals surface area (Å²) in [6.45, 7) is 0. The van der Waals surface area contributed by atoms with Crippen LogP contribution < -0.4 is 5.32 Å². The van der Waals surface area contributed by atoms with Crippen LogP contribution in [0.3, 0.4) is 0 Å². The summed E-state index contributed by atoms with van der Waals surface area (Å²) in [5.41, 5.74) is 0.253. The van der Waals surface area contributed by atoms with Crippen molar-refractivity contribution in [3.8, 4) is 0 Å². The smallest absolute Gasteiger partial charge is 0.262 e. The third-order valence-corrected chi connectivity index (χ3v) is 5.45. The van der Waals surface area contributed by atoms with E-state index < -0.39 is 9.05 Å². The van der Waals surface area contributed by atoms with Crippen LogP contribution in [0.15, 0.2) is 23.1 Å². The van der Waals surface area contributed by atoms with Crippen LogP contribution in [0.25, 0.3) is 0 Å². The number of rotatable bonds is 3. The molecule has 1 aromatic carbocycles. The minimum atomic E-state index is -3.97. The Morgan fingerprint density at radius 2 is 1.76 bits per heavy atom. The second kappa shape index (κ2) is 6.99. The van der Waals surface area contributed by atoms with Gasteiger partial charge in [0.05, 0.1) is 5.02 Å². The van der Waals surface area contributed by atoms with Gasteiger partial charge in [0.2, 0.25) is 0 Å². The molecular formula is C14H17Cl2NO3S. The zero-order chi connectivity index (χ0) is 15.5. The number of benzene rings is 1. The van der Waals surface area contributed by atoms with Crippen LogP contribution in [0.1, 0.15) is 48.9 Å². The van der Waals surface area contributed by atoms with Crippen LogP contribution >= 0.6 is 22.3 Å². The van der Waals surface area contributed by atoms with Crippen molar-refractivity contribution < 1.29 is 13.2 Å². The molecule has 0 atom stereocenters. The first-order chi connectivity index (χ1) is 9.88. The molecule has 1 N–H and O–H groups in total. The van der Waals surface area contributed by atoms with Gasteiger partial charge in [0, 0.05) is 22.3 Å². The molecule has 1 saturated carbocycles. The van der Waals surface area contributed by atoms with Crippen LogP contribution in [0, 0.1) is 0 Å². The molecule has 7 heteroatoms. The first-order valence-electron chi connectivity index (χ1n) is 6.93. The van der Waals surface area contributed by atoms with Gasteiger partial charge >= 0.3 is 0 Å². The summed E-state index contributed by atoms with van der Waals surface area (Å²) in [5.74, 6) is -0.292. The van der Waals surface area contributed by atoms with E-state index in [0.29, 0.717) is 0 Å². The van der Waals surface area contributed by atoms with Gasteiger partial charge in [-0.05, 0) is 31.0 Å². The molecule has 0 aliphatic heterocycles. The molecule has 0 unspecified atom stereocenters. The molecule has 0 spiro atoms. The molecule has 116 valence electrons. The van der Waals surface area contributed by atoms with Gasteiger partial charge in [-0.15, -0.1) is 0 Å². The Balaban J connectivity index is 2.16. The number of nitrogens with one attached hydrogen (secondary N) is 1. The van der Waals surface area contributed by atoms with Gasteiger partial charge in [-0.1, -0.05) is 37.3 Å². The average molecular weight is 350 g/mol. The SMILES string of the molecule is O=C(NC1CCCCCC1)c1ccc(Cl)c(S(=O)(=O)Cl)c1. The van der Waals surface area contributed by atoms with E-state index in [1.54, 1.807) is 0 Å². The highest BCUT2D eigenvalue weighted by molar-refractivity contribution is 8.13. The number of carbonyl (C=O) groups excluding carboxylic acids is 1. The molecule has 1 aromatic rings. The summed E-state index contributed by atoms with van der Waals surface area (Å²) in [6.07, 6.45) is 6.52. The Kier molecular flexibility index (Phi) is 5.52. The highest BCUT2D eigenvalue weighted by Gasteiger charge is 2.20. The second-order valence-electron chi connectivity index (χ2n) is 5.24. The van der Waals surface area contributed by atoms with Crippen molar-refractivity contribution in [2.24, 2.45) is 0 Å². The lowest BCUT2D eigenvalue weighted by Crippen LogP contribution is -2.34. The number of hydrogen-bond donors (Lipinski definition) is 1. The summed E-state index contributed by atoms with van der Waals surface area (Å²) < 4.78 is 22.8. The quantitative estimate of drug-likeness (QED) is 0.668. The Morgan fingerprint density at radius 3 is 2.33 bits per heavy atom. The van der Waals surface area contributed by atoms with Crippen molar-refractivity contribution in [3.05, 3.63) is 28.8 Å². The number of halogens is 2. The van der Waals surface area contributed by atoms with Gasteiger partial charge < -0.3 is 5.32 Å². The molecule has 0 heterocycles. The van der Waals surface area contributed by atoms with Crippen molar-refractivity contribution in [2.45, 2.75) is 49.5 Å². The predicted molar refractivity (Wildman–Crippen MR) is 83.4 cm³/mol. The highest BCUT2D eigenvalue weighted by atomic mass is 35.7. The molecule has 1 fully saturated rings. The molecule has 4 nitrogen and oxygen atoms in total. The molecule has 0 bridgehead atoms. The van der Waals surface area contributed by atoms with Crippen LogP contribution in [0.5, 0.6) is 0 Å². The minimum Gasteiger partial charge on any atom is -0.349 e. The first kappa shape index (κ1) is 16.6. The Bertz CT molecular complexity index is 623. The molecule has 1 aliphatic carbocycles. The lowest BCUT2D eigenvalue weighted by Gasteiger charge is -2.16. The van der Waals surface area contributed by atoms with Gasteiger partial charge in [0.25, 0.3) is 15.0 Å².